The second-order valence-corrected chi connectivity index (χ2v) is 22.9. The smallest absolute Gasteiger partial charge is 0.480 e. The van der Waals surface area contributed by atoms with E-state index < -0.39 is 95.6 Å². The van der Waals surface area contributed by atoms with Gasteiger partial charge < -0.3 is 73.1 Å². The van der Waals surface area contributed by atoms with Crippen molar-refractivity contribution in [3.8, 4) is 0 Å². The minimum atomic E-state index is -4.64. The molecule has 0 aromatic rings. The van der Waals surface area contributed by atoms with Gasteiger partial charge in [-0.2, -0.15) is 13.2 Å². The Bertz CT molecular complexity index is 2320. The number of hydrogen-bond donors (Lipinski definition) is 9. The zero-order chi connectivity index (χ0) is 72.4. The molecule has 92 heavy (non-hydrogen) atoms. The van der Waals surface area contributed by atoms with Crippen LogP contribution >= 0.6 is 43.5 Å². The van der Waals surface area contributed by atoms with Crippen LogP contribution in [-0.2, 0) is 57.4 Å². The van der Waals surface area contributed by atoms with Gasteiger partial charge >= 0.3 is 77.9 Å². The van der Waals surface area contributed by atoms with Crippen LogP contribution in [0, 0.1) is 0 Å². The molecule has 40 heteroatoms. The van der Waals surface area contributed by atoms with Crippen LogP contribution in [0.4, 0.5) is 27.6 Å². The molecule has 3 amide bonds. The Kier molecular flexibility index (Phi) is 69.2. The minimum Gasteiger partial charge on any atom is -0.480 e. The number of halogens is 6. The van der Waals surface area contributed by atoms with Crippen LogP contribution in [0.1, 0.15) is 178 Å². The molecule has 0 aliphatic rings. The van der Waals surface area contributed by atoms with Gasteiger partial charge in [-0.05, 0) is 149 Å². The topological polar surface area (TPSA) is 558 Å². The third kappa shape index (κ3) is 88.1. The van der Waals surface area contributed by atoms with Gasteiger partial charge in [-0.25, -0.2) is 28.8 Å². The molecule has 0 heterocycles. The average molecular weight is 1490 g/mol. The Morgan fingerprint density at radius 1 is 0.522 bits per heavy atom. The van der Waals surface area contributed by atoms with Crippen LogP contribution < -0.4 is 57.0 Å². The summed E-state index contributed by atoms with van der Waals surface area (Å²) in [5, 5.41) is 49.1. The number of nitrogens with two attached hydrogens (primary N) is 2. The van der Waals surface area contributed by atoms with Crippen LogP contribution in [0.25, 0.3) is 36.9 Å². The molecule has 33 nitrogen and oxygen atoms in total. The van der Waals surface area contributed by atoms with Crippen LogP contribution in [0.3, 0.4) is 0 Å². The van der Waals surface area contributed by atoms with E-state index in [0.29, 0.717) is 88.9 Å². The molecule has 0 fully saturated rings. The number of amides is 3. The third-order valence-electron chi connectivity index (χ3n) is 9.61. The molecule has 0 aliphatic carbocycles. The van der Waals surface area contributed by atoms with Crippen LogP contribution in [0.15, 0.2) is 10.2 Å². The summed E-state index contributed by atoms with van der Waals surface area (Å²) in [4.78, 5) is 136. The van der Waals surface area contributed by atoms with E-state index in [1.807, 2.05) is 0 Å². The summed E-state index contributed by atoms with van der Waals surface area (Å²) in [6.07, 6.45) is 1.93. The summed E-state index contributed by atoms with van der Waals surface area (Å²) in [5.41, 5.74) is 38.2. The van der Waals surface area contributed by atoms with E-state index >= 15 is 0 Å². The van der Waals surface area contributed by atoms with Gasteiger partial charge in [0.15, 0.2) is 0 Å². The number of alkyl carbamates (subject to hydrolysis) is 3. The molecule has 0 radical (unpaired) electrons. The zero-order valence-corrected chi connectivity index (χ0v) is 59.4. The molecule has 0 aromatic heterocycles. The number of carboxylic acid groups (broad SMARTS) is 4. The molecular weight excluding hydrogens is 1400 g/mol. The van der Waals surface area contributed by atoms with Crippen molar-refractivity contribution >= 4 is 114 Å². The number of nitrogens with one attached hydrogen (secondary N) is 3. The normalized spacial score (nSPS) is 11.5. The predicted molar refractivity (Wildman–Crippen MR) is 334 cm³/mol. The number of carbonyl (C=O) groups is 12. The number of aliphatic carboxylic acids is 4. The van der Waals surface area contributed by atoms with E-state index in [2.05, 4.69) is 67.9 Å². The molecular formula is C52H89Br2ClF3N14NaO19. The summed E-state index contributed by atoms with van der Waals surface area (Å²) in [5.74, 6) is -4.39. The maximum absolute atomic E-state index is 11.6. The van der Waals surface area contributed by atoms with Gasteiger partial charge in [-0.1, -0.05) is 80.6 Å². The molecule has 0 spiro atoms. The van der Waals surface area contributed by atoms with Crippen molar-refractivity contribution in [3.05, 3.63) is 36.9 Å². The van der Waals surface area contributed by atoms with Crippen molar-refractivity contribution in [3.63, 3.8) is 0 Å². The number of hydrogen-bond acceptors (Lipinski definition) is 19. The number of ketones is 3. The molecule has 0 unspecified atom stereocenters. The molecule has 0 saturated heterocycles. The molecule has 11 N–H and O–H groups in total. The van der Waals surface area contributed by atoms with Crippen molar-refractivity contribution in [2.45, 2.75) is 225 Å². The molecule has 0 aliphatic heterocycles. The quantitative estimate of drug-likeness (QED) is 0.00337. The van der Waals surface area contributed by atoms with Crippen LogP contribution in [-0.4, -0.2) is 169 Å². The fourth-order valence-electron chi connectivity index (χ4n) is 5.74. The number of aldehydes is 1. The fourth-order valence-corrected chi connectivity index (χ4v) is 6.02. The first-order valence-corrected chi connectivity index (χ1v) is 30.3. The number of ether oxygens (including phenoxy) is 3. The summed E-state index contributed by atoms with van der Waals surface area (Å²) >= 11 is 10.7. The van der Waals surface area contributed by atoms with Gasteiger partial charge in [0.05, 0.1) is 23.7 Å². The van der Waals surface area contributed by atoms with Gasteiger partial charge in [0, 0.05) is 29.1 Å². The first-order chi connectivity index (χ1) is 41.9. The summed E-state index contributed by atoms with van der Waals surface area (Å²) < 4.78 is 46.3. The van der Waals surface area contributed by atoms with Gasteiger partial charge in [0.1, 0.15) is 58.3 Å². The van der Waals surface area contributed by atoms with Crippen molar-refractivity contribution < 1.29 is 135 Å². The van der Waals surface area contributed by atoms with E-state index in [0.717, 1.165) is 25.7 Å². The molecule has 0 rings (SSSR count). The Hall–Kier alpha value is -6.07. The Labute approximate surface area is 575 Å². The number of nitrogens with zero attached hydrogens (tertiary/aromatic N) is 9. The third-order valence-corrected chi connectivity index (χ3v) is 11.2. The second kappa shape index (κ2) is 62.4. The number of alkyl halides is 5. The van der Waals surface area contributed by atoms with Gasteiger partial charge in [0.25, 0.3) is 0 Å². The first-order valence-electron chi connectivity index (χ1n) is 27.6. The van der Waals surface area contributed by atoms with Crippen molar-refractivity contribution in [2.75, 3.05) is 30.3 Å². The SMILES string of the molecule is CC(C)(C)OC(=O)N[C@@H](CCCCCC(=O)CBr)C(=O)O.CC(C)(C)OC(=O)N[C@@H](CCCCCC(=O)CN=[N+]=[N-])C(=O)O.CC(C)(C)OC(=O)N[C@@H](CCCCN)C(=O)O.O=C(Cl)CBr.O=CC(F)(F)F.[N-]=[N+]=NCC(=O)CCCCC[C@H](N)C(=O)O.[N-]=[N+]=[N-].[Na+]. The number of unbranched alkanes of at least 4 members (excludes halogenated alkanes) is 7. The summed E-state index contributed by atoms with van der Waals surface area (Å²) in [7, 11) is 0. The van der Waals surface area contributed by atoms with Gasteiger partial charge in [-0.3, -0.25) is 33.7 Å². The summed E-state index contributed by atoms with van der Waals surface area (Å²) in [6, 6.07) is -3.73. The monoisotopic (exact) mass is 1490 g/mol. The molecule has 0 saturated carbocycles. The van der Waals surface area contributed by atoms with E-state index in [1.54, 1.807) is 62.3 Å². The molecule has 4 atom stereocenters. The Balaban J connectivity index is -0.000000159. The maximum atomic E-state index is 11.6. The zero-order valence-electron chi connectivity index (χ0n) is 53.5. The molecule has 0 bridgehead atoms. The number of carboxylic acids is 4. The van der Waals surface area contributed by atoms with Gasteiger partial charge in [0.2, 0.25) is 11.5 Å². The average Bonchev–Trinajstić information content (AvgIpc) is 1.60. The van der Waals surface area contributed by atoms with Crippen molar-refractivity contribution in [1.82, 2.24) is 16.0 Å². The summed E-state index contributed by atoms with van der Waals surface area (Å²) in [6.45, 7) is 15.6. The van der Waals surface area contributed by atoms with E-state index in [1.165, 1.54) is 4.91 Å². The molecule has 0 aromatic carbocycles. The Morgan fingerprint density at radius 3 is 0.989 bits per heavy atom. The van der Waals surface area contributed by atoms with E-state index in [9.17, 15) is 65.9 Å². The largest absolute Gasteiger partial charge is 1.00 e. The number of carbonyl (C=O) groups excluding carboxylic acids is 8. The van der Waals surface area contributed by atoms with Crippen LogP contribution in [0.2, 0.25) is 0 Å². The Morgan fingerprint density at radius 2 is 0.783 bits per heavy atom. The van der Waals surface area contributed by atoms with E-state index in [4.69, 9.17) is 84.6 Å². The minimum absolute atomic E-state index is 0. The van der Waals surface area contributed by atoms with Gasteiger partial charge in [-0.15, -0.1) is 0 Å². The maximum Gasteiger partial charge on any atom is 1.00 e. The van der Waals surface area contributed by atoms with E-state index in [-0.39, 0.29) is 83.4 Å². The standard InChI is InChI=1S/C14H24BrNO5.C14H24N4O5.C11H22N2O4.C9H16N4O3.C2H2BrClO.C2HF3O.N3.Na/c1-14(2,3)21-13(20)16-11(12(18)19)8-6-4-5-7-10(17)9-15;1-14(2,3)23-13(22)17-11(12(20)21)8-6-4-5-7-10(19)9-16-18-15;1-11(2,3)17-10(16)13-8(9(14)15)6-4-5-7-12;10-8(9(15)16)5-3-1-2-4-7(14)6-12-13-11;3-1-2(4)5;3-2(4,5)1-6;1-3-2;/h11H,4-9H2,1-3H3,(H,16,20)(H,18,19);11H,4-9H2,1-3H3,(H,17,22)(H,20,21);8H,4-7,12H2,1-3H3,(H,13,16)(H,14,15);8H,1-6,10H2,(H,15,16);1H2;1H;;/q;;;;;;-1;+1/t2*11-;2*8-;;;;/m0000..../s1. The predicted octanol–water partition coefficient (Wildman–Crippen LogP) is 7.76. The number of Topliss-reactive ketones (excluding diaryl/α,β-unsaturated/α-hetero) is 3. The second-order valence-electron chi connectivity index (χ2n) is 21.4. The molecule has 524 valence electrons. The van der Waals surface area contributed by atoms with Crippen molar-refractivity contribution in [1.29, 1.82) is 0 Å². The number of rotatable bonds is 35. The van der Waals surface area contributed by atoms with Crippen molar-refractivity contribution in [2.24, 2.45) is 21.7 Å². The fraction of sp³-hybridized carbons (Fsp3) is 0.769. The first kappa shape index (κ1) is 102. The van der Waals surface area contributed by atoms with Crippen LogP contribution in [0.5, 0.6) is 0 Å². The number of azide groups is 2.